The van der Waals surface area contributed by atoms with E-state index < -0.39 is 8.80 Å². The summed E-state index contributed by atoms with van der Waals surface area (Å²) in [5, 5.41) is 10.3. The Hall–Kier alpha value is -0.0231. The van der Waals surface area contributed by atoms with Crippen LogP contribution in [0.4, 0.5) is 0 Å². The number of nitrogens with zero attached hydrogens (tertiary/aromatic N) is 2. The largest absolute Gasteiger partial charge is 0.501 e. The Morgan fingerprint density at radius 3 is 1.45 bits per heavy atom. The summed E-state index contributed by atoms with van der Waals surface area (Å²) < 4.78 is 21.1. The molecule has 0 aromatic heterocycles. The van der Waals surface area contributed by atoms with Gasteiger partial charge in [0.15, 0.2) is 0 Å². The second kappa shape index (κ2) is 20.8. The molecule has 0 aromatic carbocycles. The Balaban J connectivity index is 1.48. The van der Waals surface area contributed by atoms with Crippen LogP contribution in [0.1, 0.15) is 129 Å². The van der Waals surface area contributed by atoms with Gasteiger partial charge in [-0.2, -0.15) is 0 Å². The van der Waals surface area contributed by atoms with E-state index in [1.165, 1.54) is 109 Å². The molecule has 0 saturated carbocycles. The number of fused-ring (bicyclic) bond motifs is 6. The highest BCUT2D eigenvalue weighted by atomic mass is 28.4. The molecule has 40 heavy (non-hydrogen) atoms. The number of aliphatic hydroxyl groups excluding tert-OH is 1. The quantitative estimate of drug-likeness (QED) is 0.0731. The minimum absolute atomic E-state index is 0.254. The molecule has 3 aliphatic rings. The van der Waals surface area contributed by atoms with Crippen molar-refractivity contribution in [2.45, 2.75) is 142 Å². The minimum atomic E-state index is -2.57. The predicted molar refractivity (Wildman–Crippen MR) is 170 cm³/mol. The molecule has 3 saturated heterocycles. The fraction of sp³-hybridized carbons (Fsp3) is 1.00. The van der Waals surface area contributed by atoms with Crippen LogP contribution >= 0.6 is 0 Å². The van der Waals surface area contributed by atoms with Gasteiger partial charge in [0.2, 0.25) is 0 Å². The molecule has 0 aromatic rings. The van der Waals surface area contributed by atoms with E-state index in [1.807, 2.05) is 0 Å². The van der Waals surface area contributed by atoms with Crippen molar-refractivity contribution in [2.75, 3.05) is 73.2 Å². The zero-order chi connectivity index (χ0) is 29.0. The standard InChI is InChI=1S/C33H70N2O4Si/c1-5-7-8-9-10-11-12-13-14-15-16-17-18-19-20-21-23-34(3,4)24-22-31-40-37-28-25-35(26-29-38-40,27-30-39-40)32-33(36)6-2/h33,36H,5-32H2,1-4H3/q+2. The first-order chi connectivity index (χ1) is 19.3. The van der Waals surface area contributed by atoms with Crippen LogP contribution in [0.3, 0.4) is 0 Å². The normalized spacial score (nSPS) is 24.5. The molecule has 0 aliphatic carbocycles. The van der Waals surface area contributed by atoms with Crippen LogP contribution in [-0.4, -0.2) is 102 Å². The first-order valence-electron chi connectivity index (χ1n) is 17.6. The van der Waals surface area contributed by atoms with Crippen LogP contribution in [0.5, 0.6) is 0 Å². The molecule has 0 radical (unpaired) electrons. The Kier molecular flexibility index (Phi) is 18.8. The van der Waals surface area contributed by atoms with Gasteiger partial charge in [0.05, 0.1) is 47.0 Å². The second-order valence-electron chi connectivity index (χ2n) is 13.8. The number of aliphatic hydroxyl groups is 1. The number of unbranched alkanes of at least 4 members (excludes halogenated alkanes) is 15. The second-order valence-corrected chi connectivity index (χ2v) is 16.5. The monoisotopic (exact) mass is 587 g/mol. The van der Waals surface area contributed by atoms with Gasteiger partial charge in [-0.25, -0.2) is 0 Å². The molecule has 1 atom stereocenters. The summed E-state index contributed by atoms with van der Waals surface area (Å²) in [7, 11) is 2.20. The van der Waals surface area contributed by atoms with E-state index in [0.717, 1.165) is 60.6 Å². The van der Waals surface area contributed by atoms with E-state index in [9.17, 15) is 5.11 Å². The third-order valence-electron chi connectivity index (χ3n) is 9.60. The molecule has 6 nitrogen and oxygen atoms in total. The van der Waals surface area contributed by atoms with Gasteiger partial charge in [0.1, 0.15) is 32.3 Å². The number of quaternary nitrogens is 2. The summed E-state index contributed by atoms with van der Waals surface area (Å²) in [4.78, 5) is 0. The van der Waals surface area contributed by atoms with Crippen molar-refractivity contribution >= 4 is 8.80 Å². The molecule has 0 amide bonds. The first kappa shape index (κ1) is 36.2. The fourth-order valence-electron chi connectivity index (χ4n) is 6.63. The summed E-state index contributed by atoms with van der Waals surface area (Å²) in [5.41, 5.74) is 0. The molecule has 3 fully saturated rings. The van der Waals surface area contributed by atoms with Gasteiger partial charge in [-0.3, -0.25) is 0 Å². The summed E-state index contributed by atoms with van der Waals surface area (Å²) in [6.07, 6.45) is 24.5. The zero-order valence-corrected chi connectivity index (χ0v) is 28.4. The molecule has 7 heteroatoms. The average molecular weight is 587 g/mol. The maximum absolute atomic E-state index is 10.3. The number of rotatable bonds is 24. The fourth-order valence-corrected chi connectivity index (χ4v) is 9.12. The van der Waals surface area contributed by atoms with Crippen molar-refractivity contribution < 1.29 is 27.4 Å². The lowest BCUT2D eigenvalue weighted by Gasteiger charge is -2.46. The van der Waals surface area contributed by atoms with Crippen molar-refractivity contribution in [1.29, 1.82) is 0 Å². The summed E-state index contributed by atoms with van der Waals surface area (Å²) >= 11 is 0. The third-order valence-corrected chi connectivity index (χ3v) is 12.5. The molecule has 2 bridgehead atoms. The third kappa shape index (κ3) is 15.4. The summed E-state index contributed by atoms with van der Waals surface area (Å²) in [6.45, 7) is 12.6. The SMILES string of the molecule is CCCCCCCCCCCCCCCCCC[N+](C)(C)CCC[Si]12OCC[N+](CC(O)CC)(CCO1)CCO2. The van der Waals surface area contributed by atoms with E-state index in [-0.39, 0.29) is 6.10 Å². The van der Waals surface area contributed by atoms with Crippen molar-refractivity contribution in [2.24, 2.45) is 0 Å². The molecule has 3 aliphatic heterocycles. The summed E-state index contributed by atoms with van der Waals surface area (Å²) in [6, 6.07) is 0.936. The number of hydrogen-bond acceptors (Lipinski definition) is 4. The smallest absolute Gasteiger partial charge is 0.387 e. The molecule has 1 N–H and O–H groups in total. The van der Waals surface area contributed by atoms with Crippen molar-refractivity contribution in [1.82, 2.24) is 0 Å². The zero-order valence-electron chi connectivity index (χ0n) is 27.4. The average Bonchev–Trinajstić information content (AvgIpc) is 2.89. The van der Waals surface area contributed by atoms with Crippen LogP contribution in [0.25, 0.3) is 0 Å². The van der Waals surface area contributed by atoms with E-state index >= 15 is 0 Å². The van der Waals surface area contributed by atoms with E-state index in [1.54, 1.807) is 0 Å². The van der Waals surface area contributed by atoms with Gasteiger partial charge < -0.3 is 27.4 Å². The van der Waals surface area contributed by atoms with Crippen molar-refractivity contribution in [3.8, 4) is 0 Å². The summed E-state index contributed by atoms with van der Waals surface area (Å²) in [5.74, 6) is 0. The van der Waals surface area contributed by atoms with E-state index in [0.29, 0.717) is 19.8 Å². The molecule has 3 heterocycles. The predicted octanol–water partition coefficient (Wildman–Crippen LogP) is 7.32. The van der Waals surface area contributed by atoms with Crippen LogP contribution in [-0.2, 0) is 13.3 Å². The van der Waals surface area contributed by atoms with Gasteiger partial charge in [-0.15, -0.1) is 0 Å². The molecule has 1 unspecified atom stereocenters. The van der Waals surface area contributed by atoms with E-state index in [4.69, 9.17) is 13.3 Å². The molecule has 0 spiro atoms. The lowest BCUT2D eigenvalue weighted by atomic mass is 10.0. The van der Waals surface area contributed by atoms with Gasteiger partial charge in [0, 0.05) is 12.5 Å². The van der Waals surface area contributed by atoms with Crippen LogP contribution in [0.2, 0.25) is 6.04 Å². The van der Waals surface area contributed by atoms with Crippen LogP contribution < -0.4 is 0 Å². The Bertz CT molecular complexity index is 592. The molecular formula is C33H70N2O4Si+2. The Morgan fingerprint density at radius 2 is 1.02 bits per heavy atom. The topological polar surface area (TPSA) is 47.9 Å². The van der Waals surface area contributed by atoms with Gasteiger partial charge in [0.25, 0.3) is 0 Å². The number of hydrogen-bond donors (Lipinski definition) is 1. The van der Waals surface area contributed by atoms with Crippen LogP contribution in [0, 0.1) is 0 Å². The highest BCUT2D eigenvalue weighted by molar-refractivity contribution is 6.60. The highest BCUT2D eigenvalue weighted by Gasteiger charge is 2.47. The van der Waals surface area contributed by atoms with Crippen molar-refractivity contribution in [3.05, 3.63) is 0 Å². The van der Waals surface area contributed by atoms with Crippen molar-refractivity contribution in [3.63, 3.8) is 0 Å². The first-order valence-corrected chi connectivity index (χ1v) is 19.5. The molecular weight excluding hydrogens is 516 g/mol. The molecule has 238 valence electrons. The van der Waals surface area contributed by atoms with Crippen LogP contribution in [0.15, 0.2) is 0 Å². The maximum Gasteiger partial charge on any atom is 0.501 e. The van der Waals surface area contributed by atoms with E-state index in [2.05, 4.69) is 27.9 Å². The maximum atomic E-state index is 10.3. The Morgan fingerprint density at radius 1 is 0.625 bits per heavy atom. The highest BCUT2D eigenvalue weighted by Crippen LogP contribution is 2.26. The van der Waals surface area contributed by atoms with Gasteiger partial charge >= 0.3 is 8.80 Å². The Labute approximate surface area is 250 Å². The minimum Gasteiger partial charge on any atom is -0.387 e. The molecule has 3 rings (SSSR count). The van der Waals surface area contributed by atoms with Gasteiger partial charge in [-0.1, -0.05) is 104 Å². The lowest BCUT2D eigenvalue weighted by molar-refractivity contribution is -0.933. The van der Waals surface area contributed by atoms with Gasteiger partial charge in [-0.05, 0) is 19.3 Å². The lowest BCUT2D eigenvalue weighted by Crippen LogP contribution is -2.64.